The fourth-order valence-corrected chi connectivity index (χ4v) is 2.15. The molecule has 0 fully saturated rings. The minimum Gasteiger partial charge on any atom is -0.469 e. The standard InChI is InChI=1S/C17H17F3N2O3/c1-11-14(7-9-25-11)16(24)22-10-15(23)21-8-6-12-2-4-13(5-3-12)17(18,19)20/h2-5,7,9H,6,8,10H2,1H3,(H,21,23)(H,22,24). The Morgan fingerprint density at radius 2 is 1.76 bits per heavy atom. The van der Waals surface area contributed by atoms with Crippen molar-refractivity contribution >= 4 is 11.8 Å². The molecule has 0 aliphatic heterocycles. The Morgan fingerprint density at radius 3 is 2.32 bits per heavy atom. The summed E-state index contributed by atoms with van der Waals surface area (Å²) in [6, 6.07) is 6.26. The Hall–Kier alpha value is -2.77. The maximum absolute atomic E-state index is 12.5. The second-order valence-corrected chi connectivity index (χ2v) is 5.37. The van der Waals surface area contributed by atoms with Crippen LogP contribution in [0.2, 0.25) is 0 Å². The molecule has 2 rings (SSSR count). The van der Waals surface area contributed by atoms with Crippen LogP contribution in [-0.4, -0.2) is 24.9 Å². The summed E-state index contributed by atoms with van der Waals surface area (Å²) in [5.41, 5.74) is 0.321. The SMILES string of the molecule is Cc1occc1C(=O)NCC(=O)NCCc1ccc(C(F)(F)F)cc1. The van der Waals surface area contributed by atoms with E-state index in [1.807, 2.05) is 0 Å². The molecule has 0 aliphatic carbocycles. The van der Waals surface area contributed by atoms with E-state index in [9.17, 15) is 22.8 Å². The van der Waals surface area contributed by atoms with E-state index >= 15 is 0 Å². The summed E-state index contributed by atoms with van der Waals surface area (Å²) in [5, 5.41) is 5.05. The van der Waals surface area contributed by atoms with Crippen molar-refractivity contribution in [1.29, 1.82) is 0 Å². The van der Waals surface area contributed by atoms with Crippen LogP contribution in [0.1, 0.15) is 27.2 Å². The molecule has 2 amide bonds. The Kier molecular flexibility index (Phi) is 5.84. The van der Waals surface area contributed by atoms with E-state index in [4.69, 9.17) is 4.42 Å². The lowest BCUT2D eigenvalue weighted by atomic mass is 10.1. The maximum atomic E-state index is 12.5. The first-order valence-electron chi connectivity index (χ1n) is 7.52. The topological polar surface area (TPSA) is 71.3 Å². The highest BCUT2D eigenvalue weighted by atomic mass is 19.4. The number of benzene rings is 1. The van der Waals surface area contributed by atoms with E-state index in [0.29, 0.717) is 23.3 Å². The number of aryl methyl sites for hydroxylation is 1. The molecule has 5 nitrogen and oxygen atoms in total. The zero-order valence-corrected chi connectivity index (χ0v) is 13.4. The molecular formula is C17H17F3N2O3. The first-order valence-corrected chi connectivity index (χ1v) is 7.52. The van der Waals surface area contributed by atoms with Gasteiger partial charge in [-0.1, -0.05) is 12.1 Å². The number of furan rings is 1. The molecule has 8 heteroatoms. The van der Waals surface area contributed by atoms with Gasteiger partial charge in [-0.3, -0.25) is 9.59 Å². The minimum atomic E-state index is -4.36. The molecule has 0 spiro atoms. The van der Waals surface area contributed by atoms with Gasteiger partial charge in [0.1, 0.15) is 5.76 Å². The fraction of sp³-hybridized carbons (Fsp3) is 0.294. The first kappa shape index (κ1) is 18.6. The molecule has 134 valence electrons. The van der Waals surface area contributed by atoms with E-state index in [2.05, 4.69) is 10.6 Å². The molecule has 0 aliphatic rings. The van der Waals surface area contributed by atoms with Crippen LogP contribution in [0.15, 0.2) is 41.0 Å². The lowest BCUT2D eigenvalue weighted by molar-refractivity contribution is -0.137. The van der Waals surface area contributed by atoms with Gasteiger partial charge in [0.25, 0.3) is 5.91 Å². The number of alkyl halides is 3. The zero-order valence-electron chi connectivity index (χ0n) is 13.4. The predicted molar refractivity (Wildman–Crippen MR) is 83.9 cm³/mol. The van der Waals surface area contributed by atoms with Crippen molar-refractivity contribution in [3.63, 3.8) is 0 Å². The van der Waals surface area contributed by atoms with E-state index in [1.54, 1.807) is 6.92 Å². The summed E-state index contributed by atoms with van der Waals surface area (Å²) >= 11 is 0. The normalized spacial score (nSPS) is 11.2. The van der Waals surface area contributed by atoms with Crippen LogP contribution < -0.4 is 10.6 Å². The second-order valence-electron chi connectivity index (χ2n) is 5.37. The molecule has 0 saturated carbocycles. The van der Waals surface area contributed by atoms with E-state index < -0.39 is 17.6 Å². The molecule has 2 aromatic rings. The van der Waals surface area contributed by atoms with Gasteiger partial charge in [-0.15, -0.1) is 0 Å². The van der Waals surface area contributed by atoms with Gasteiger partial charge >= 0.3 is 6.18 Å². The molecule has 2 N–H and O–H groups in total. The molecule has 1 aromatic heterocycles. The van der Waals surface area contributed by atoms with Gasteiger partial charge in [0.05, 0.1) is 23.9 Å². The summed E-state index contributed by atoms with van der Waals surface area (Å²) in [6.07, 6.45) is -2.59. The molecule has 0 bridgehead atoms. The quantitative estimate of drug-likeness (QED) is 0.838. The van der Waals surface area contributed by atoms with Crippen LogP contribution in [0.4, 0.5) is 13.2 Å². The monoisotopic (exact) mass is 354 g/mol. The summed E-state index contributed by atoms with van der Waals surface area (Å²) < 4.78 is 42.4. The highest BCUT2D eigenvalue weighted by molar-refractivity contribution is 5.97. The molecule has 0 saturated heterocycles. The van der Waals surface area contributed by atoms with Crippen molar-refractivity contribution in [2.45, 2.75) is 19.5 Å². The van der Waals surface area contributed by atoms with Gasteiger partial charge in [-0.25, -0.2) is 0 Å². The van der Waals surface area contributed by atoms with Crippen molar-refractivity contribution in [3.8, 4) is 0 Å². The molecule has 0 atom stereocenters. The number of carbonyl (C=O) groups is 2. The highest BCUT2D eigenvalue weighted by Gasteiger charge is 2.29. The number of amides is 2. The zero-order chi connectivity index (χ0) is 18.4. The average molecular weight is 354 g/mol. The fourth-order valence-electron chi connectivity index (χ4n) is 2.15. The molecule has 1 heterocycles. The van der Waals surface area contributed by atoms with Gasteiger partial charge in [-0.05, 0) is 37.1 Å². The van der Waals surface area contributed by atoms with Crippen LogP contribution in [-0.2, 0) is 17.4 Å². The Bertz CT molecular complexity index is 736. The van der Waals surface area contributed by atoms with Crippen molar-refractivity contribution in [1.82, 2.24) is 10.6 Å². The predicted octanol–water partition coefficient (Wildman–Crippen LogP) is 2.70. The summed E-state index contributed by atoms with van der Waals surface area (Å²) in [5.74, 6) is -0.342. The van der Waals surface area contributed by atoms with Crippen LogP contribution in [0.3, 0.4) is 0 Å². The van der Waals surface area contributed by atoms with Crippen LogP contribution in [0, 0.1) is 6.92 Å². The summed E-state index contributed by atoms with van der Waals surface area (Å²) in [7, 11) is 0. The molecule has 0 unspecified atom stereocenters. The van der Waals surface area contributed by atoms with Crippen molar-refractivity contribution in [2.75, 3.05) is 13.1 Å². The lowest BCUT2D eigenvalue weighted by Gasteiger charge is -2.09. The highest BCUT2D eigenvalue weighted by Crippen LogP contribution is 2.29. The van der Waals surface area contributed by atoms with Gasteiger partial charge in [0.2, 0.25) is 5.91 Å². The van der Waals surface area contributed by atoms with Gasteiger partial charge < -0.3 is 15.1 Å². The molecule has 0 radical (unpaired) electrons. The van der Waals surface area contributed by atoms with Crippen molar-refractivity contribution < 1.29 is 27.2 Å². The third-order valence-corrected chi connectivity index (χ3v) is 3.53. The Labute approximate surface area is 142 Å². The van der Waals surface area contributed by atoms with Crippen molar-refractivity contribution in [2.24, 2.45) is 0 Å². The maximum Gasteiger partial charge on any atom is 0.416 e. The smallest absolute Gasteiger partial charge is 0.416 e. The Morgan fingerprint density at radius 1 is 1.08 bits per heavy atom. The van der Waals surface area contributed by atoms with Crippen molar-refractivity contribution in [3.05, 3.63) is 59.0 Å². The number of hydrogen-bond donors (Lipinski definition) is 2. The average Bonchev–Trinajstić information content (AvgIpc) is 2.98. The van der Waals surface area contributed by atoms with Gasteiger partial charge in [0.15, 0.2) is 0 Å². The van der Waals surface area contributed by atoms with Crippen LogP contribution in [0.25, 0.3) is 0 Å². The molecular weight excluding hydrogens is 337 g/mol. The van der Waals surface area contributed by atoms with Gasteiger partial charge in [-0.2, -0.15) is 13.2 Å². The van der Waals surface area contributed by atoms with E-state index in [1.165, 1.54) is 24.5 Å². The number of rotatable bonds is 6. The summed E-state index contributed by atoms with van der Waals surface area (Å²) in [4.78, 5) is 23.5. The van der Waals surface area contributed by atoms with E-state index in [-0.39, 0.29) is 19.0 Å². The third-order valence-electron chi connectivity index (χ3n) is 3.53. The molecule has 25 heavy (non-hydrogen) atoms. The second kappa shape index (κ2) is 7.87. The first-order chi connectivity index (χ1) is 11.8. The number of halogens is 3. The minimum absolute atomic E-state index is 0.198. The van der Waals surface area contributed by atoms with Crippen LogP contribution >= 0.6 is 0 Å². The Balaban J connectivity index is 1.72. The lowest BCUT2D eigenvalue weighted by Crippen LogP contribution is -2.37. The van der Waals surface area contributed by atoms with Crippen LogP contribution in [0.5, 0.6) is 0 Å². The largest absolute Gasteiger partial charge is 0.469 e. The number of nitrogens with one attached hydrogen (secondary N) is 2. The number of hydrogen-bond acceptors (Lipinski definition) is 3. The third kappa shape index (κ3) is 5.37. The molecule has 1 aromatic carbocycles. The van der Waals surface area contributed by atoms with Gasteiger partial charge in [0, 0.05) is 6.54 Å². The summed E-state index contributed by atoms with van der Waals surface area (Å²) in [6.45, 7) is 1.69. The van der Waals surface area contributed by atoms with E-state index in [0.717, 1.165) is 12.1 Å². The number of carbonyl (C=O) groups excluding carboxylic acids is 2.